The van der Waals surface area contributed by atoms with Gasteiger partial charge in [0.15, 0.2) is 0 Å². The third kappa shape index (κ3) is 4.74. The van der Waals surface area contributed by atoms with Gasteiger partial charge >= 0.3 is 0 Å². The topological polar surface area (TPSA) is 71.1 Å². The molecule has 1 aromatic carbocycles. The third-order valence-electron chi connectivity index (χ3n) is 4.33. The third-order valence-corrected chi connectivity index (χ3v) is 4.90. The maximum absolute atomic E-state index is 12.4. The molecule has 2 amide bonds. The number of benzene rings is 1. The van der Waals surface area contributed by atoms with Crippen LogP contribution in [0.4, 0.5) is 5.69 Å². The zero-order valence-electron chi connectivity index (χ0n) is 14.1. The molecule has 0 radical (unpaired) electrons. The van der Waals surface area contributed by atoms with E-state index in [4.69, 9.17) is 23.2 Å². The van der Waals surface area contributed by atoms with Gasteiger partial charge in [-0.25, -0.2) is 4.98 Å². The molecular formula is C19H19Cl2N3O2. The Balaban J connectivity index is 1.70. The van der Waals surface area contributed by atoms with Crippen molar-refractivity contribution in [2.75, 3.05) is 5.32 Å². The molecule has 1 saturated carbocycles. The fourth-order valence-electron chi connectivity index (χ4n) is 2.97. The number of hydrogen-bond acceptors (Lipinski definition) is 3. The van der Waals surface area contributed by atoms with Crippen molar-refractivity contribution in [1.82, 2.24) is 10.3 Å². The van der Waals surface area contributed by atoms with E-state index in [1.165, 1.54) is 6.42 Å². The fraction of sp³-hybridized carbons (Fsp3) is 0.316. The second-order valence-electron chi connectivity index (χ2n) is 6.29. The number of pyridine rings is 1. The average molecular weight is 392 g/mol. The molecule has 5 nitrogen and oxygen atoms in total. The molecule has 0 aliphatic heterocycles. The summed E-state index contributed by atoms with van der Waals surface area (Å²) < 4.78 is 0. The number of anilines is 1. The van der Waals surface area contributed by atoms with Gasteiger partial charge in [-0.1, -0.05) is 48.5 Å². The van der Waals surface area contributed by atoms with E-state index in [2.05, 4.69) is 15.6 Å². The second-order valence-corrected chi connectivity index (χ2v) is 7.14. The highest BCUT2D eigenvalue weighted by Gasteiger charge is 2.18. The lowest BCUT2D eigenvalue weighted by molar-refractivity contribution is 0.0922. The second kappa shape index (κ2) is 8.52. The zero-order chi connectivity index (χ0) is 18.5. The Morgan fingerprint density at radius 3 is 2.38 bits per heavy atom. The van der Waals surface area contributed by atoms with E-state index in [0.717, 1.165) is 25.7 Å². The first kappa shape index (κ1) is 18.7. The van der Waals surface area contributed by atoms with E-state index < -0.39 is 5.91 Å². The zero-order valence-corrected chi connectivity index (χ0v) is 15.6. The summed E-state index contributed by atoms with van der Waals surface area (Å²) in [5, 5.41) is 6.49. The van der Waals surface area contributed by atoms with E-state index in [0.29, 0.717) is 15.7 Å². The van der Waals surface area contributed by atoms with Gasteiger partial charge in [-0.15, -0.1) is 0 Å². The Morgan fingerprint density at radius 2 is 1.65 bits per heavy atom. The predicted molar refractivity (Wildman–Crippen MR) is 103 cm³/mol. The lowest BCUT2D eigenvalue weighted by Crippen LogP contribution is -2.36. The minimum atomic E-state index is -0.457. The number of nitrogens with zero attached hydrogens (tertiary/aromatic N) is 1. The molecular weight excluding hydrogens is 373 g/mol. The molecule has 0 atom stereocenters. The van der Waals surface area contributed by atoms with Crippen LogP contribution in [0.3, 0.4) is 0 Å². The van der Waals surface area contributed by atoms with Crippen molar-refractivity contribution in [2.24, 2.45) is 0 Å². The van der Waals surface area contributed by atoms with Gasteiger partial charge in [-0.3, -0.25) is 9.59 Å². The standard InChI is InChI=1S/C19H19Cl2N3O2/c20-12-9-10-14(21)17(11-12)24-19(26)16-8-4-7-15(23-16)18(25)22-13-5-2-1-3-6-13/h4,7-11,13H,1-3,5-6H2,(H,22,25)(H,24,26). The molecule has 0 bridgehead atoms. The Labute approximate surface area is 162 Å². The van der Waals surface area contributed by atoms with Crippen molar-refractivity contribution in [3.05, 3.63) is 57.8 Å². The highest BCUT2D eigenvalue weighted by Crippen LogP contribution is 2.25. The number of hydrogen-bond donors (Lipinski definition) is 2. The number of carbonyl (C=O) groups is 2. The van der Waals surface area contributed by atoms with Crippen LogP contribution < -0.4 is 10.6 Å². The molecule has 0 unspecified atom stereocenters. The van der Waals surface area contributed by atoms with Gasteiger partial charge in [0.25, 0.3) is 11.8 Å². The van der Waals surface area contributed by atoms with Gasteiger partial charge in [0.1, 0.15) is 11.4 Å². The number of rotatable bonds is 4. The number of amides is 2. The van der Waals surface area contributed by atoms with Gasteiger partial charge in [0.05, 0.1) is 10.7 Å². The summed E-state index contributed by atoms with van der Waals surface area (Å²) in [5.41, 5.74) is 0.751. The Bertz CT molecular complexity index is 820. The Morgan fingerprint density at radius 1 is 0.962 bits per heavy atom. The molecule has 26 heavy (non-hydrogen) atoms. The molecule has 1 heterocycles. The smallest absolute Gasteiger partial charge is 0.274 e. The van der Waals surface area contributed by atoms with E-state index in [1.54, 1.807) is 36.4 Å². The van der Waals surface area contributed by atoms with E-state index in [1.807, 2.05) is 0 Å². The van der Waals surface area contributed by atoms with Crippen LogP contribution in [0, 0.1) is 0 Å². The molecule has 7 heteroatoms. The van der Waals surface area contributed by atoms with Crippen molar-refractivity contribution in [3.8, 4) is 0 Å². The van der Waals surface area contributed by atoms with Crippen LogP contribution in [0.5, 0.6) is 0 Å². The number of halogens is 2. The van der Waals surface area contributed by atoms with Crippen LogP contribution in [-0.2, 0) is 0 Å². The first-order valence-electron chi connectivity index (χ1n) is 8.57. The van der Waals surface area contributed by atoms with Crippen molar-refractivity contribution >= 4 is 40.7 Å². The quantitative estimate of drug-likeness (QED) is 0.792. The summed E-state index contributed by atoms with van der Waals surface area (Å²) in [5.74, 6) is -0.714. The minimum Gasteiger partial charge on any atom is -0.348 e. The van der Waals surface area contributed by atoms with E-state index in [9.17, 15) is 9.59 Å². The maximum Gasteiger partial charge on any atom is 0.274 e. The average Bonchev–Trinajstić information content (AvgIpc) is 2.65. The van der Waals surface area contributed by atoms with Gasteiger partial charge in [-0.2, -0.15) is 0 Å². The molecule has 1 aliphatic carbocycles. The summed E-state index contributed by atoms with van der Waals surface area (Å²) in [6.07, 6.45) is 5.44. The normalized spacial score (nSPS) is 14.7. The summed E-state index contributed by atoms with van der Waals surface area (Å²) in [6.45, 7) is 0. The summed E-state index contributed by atoms with van der Waals surface area (Å²) in [4.78, 5) is 29.0. The molecule has 1 fully saturated rings. The number of nitrogens with one attached hydrogen (secondary N) is 2. The number of carbonyl (C=O) groups excluding carboxylic acids is 2. The van der Waals surface area contributed by atoms with Crippen LogP contribution in [0.25, 0.3) is 0 Å². The van der Waals surface area contributed by atoms with Crippen LogP contribution in [0.1, 0.15) is 53.1 Å². The molecule has 0 spiro atoms. The van der Waals surface area contributed by atoms with Crippen molar-refractivity contribution < 1.29 is 9.59 Å². The van der Waals surface area contributed by atoms with E-state index >= 15 is 0 Å². The highest BCUT2D eigenvalue weighted by atomic mass is 35.5. The lowest BCUT2D eigenvalue weighted by atomic mass is 9.95. The van der Waals surface area contributed by atoms with Crippen molar-refractivity contribution in [3.63, 3.8) is 0 Å². The Kier molecular flexibility index (Phi) is 6.12. The molecule has 1 aromatic heterocycles. The van der Waals surface area contributed by atoms with Crippen LogP contribution >= 0.6 is 23.2 Å². The van der Waals surface area contributed by atoms with Crippen molar-refractivity contribution in [1.29, 1.82) is 0 Å². The van der Waals surface area contributed by atoms with Crippen LogP contribution in [-0.4, -0.2) is 22.8 Å². The molecule has 1 aliphatic rings. The Hall–Kier alpha value is -2.11. The minimum absolute atomic E-state index is 0.136. The summed E-state index contributed by atoms with van der Waals surface area (Å²) in [6, 6.07) is 9.75. The predicted octanol–water partition coefficient (Wildman–Crippen LogP) is 4.70. The first-order chi connectivity index (χ1) is 12.5. The summed E-state index contributed by atoms with van der Waals surface area (Å²) >= 11 is 12.0. The largest absolute Gasteiger partial charge is 0.348 e. The van der Waals surface area contributed by atoms with Crippen LogP contribution in [0.15, 0.2) is 36.4 Å². The summed E-state index contributed by atoms with van der Waals surface area (Å²) in [7, 11) is 0. The lowest BCUT2D eigenvalue weighted by Gasteiger charge is -2.22. The van der Waals surface area contributed by atoms with Gasteiger partial charge in [0, 0.05) is 11.1 Å². The monoisotopic (exact) mass is 391 g/mol. The van der Waals surface area contributed by atoms with Gasteiger partial charge in [0.2, 0.25) is 0 Å². The van der Waals surface area contributed by atoms with E-state index in [-0.39, 0.29) is 23.3 Å². The first-order valence-corrected chi connectivity index (χ1v) is 9.33. The number of aromatic nitrogens is 1. The van der Waals surface area contributed by atoms with Gasteiger partial charge in [-0.05, 0) is 43.2 Å². The molecule has 136 valence electrons. The molecule has 2 aromatic rings. The molecule has 3 rings (SSSR count). The fourth-order valence-corrected chi connectivity index (χ4v) is 3.31. The van der Waals surface area contributed by atoms with Gasteiger partial charge < -0.3 is 10.6 Å². The van der Waals surface area contributed by atoms with Crippen LogP contribution in [0.2, 0.25) is 10.0 Å². The molecule has 0 saturated heterocycles. The SMILES string of the molecule is O=C(Nc1cc(Cl)ccc1Cl)c1cccc(C(=O)NC2CCCCC2)n1. The highest BCUT2D eigenvalue weighted by molar-refractivity contribution is 6.35. The molecule has 2 N–H and O–H groups in total. The van der Waals surface area contributed by atoms with Crippen molar-refractivity contribution in [2.45, 2.75) is 38.1 Å². The maximum atomic E-state index is 12.4.